The molecule has 3 nitrogen and oxygen atoms in total. The Hall–Kier alpha value is -1.46. The maximum atomic E-state index is 13.4. The van der Waals surface area contributed by atoms with E-state index in [-0.39, 0.29) is 11.9 Å². The lowest BCUT2D eigenvalue weighted by atomic mass is 10.1. The molecule has 1 atom stereocenters. The first-order chi connectivity index (χ1) is 9.63. The van der Waals surface area contributed by atoms with Gasteiger partial charge in [-0.15, -0.1) is 11.3 Å². The summed E-state index contributed by atoms with van der Waals surface area (Å²) in [4.78, 5) is 4.46. The predicted octanol–water partition coefficient (Wildman–Crippen LogP) is 3.70. The normalized spacial score (nSPS) is 12.4. The second-order valence-corrected chi connectivity index (χ2v) is 5.51. The molecule has 5 heteroatoms. The van der Waals surface area contributed by atoms with Crippen LogP contribution in [0.5, 0.6) is 5.75 Å². The van der Waals surface area contributed by atoms with E-state index in [4.69, 9.17) is 4.74 Å². The van der Waals surface area contributed by atoms with E-state index in [2.05, 4.69) is 17.2 Å². The summed E-state index contributed by atoms with van der Waals surface area (Å²) in [7, 11) is 1.84. The monoisotopic (exact) mass is 294 g/mol. The Kier molecular flexibility index (Phi) is 5.09. The lowest BCUT2D eigenvalue weighted by Gasteiger charge is -2.16. The van der Waals surface area contributed by atoms with Crippen molar-refractivity contribution in [1.29, 1.82) is 0 Å². The molecule has 2 aromatic rings. The summed E-state index contributed by atoms with van der Waals surface area (Å²) < 4.78 is 19.2. The van der Waals surface area contributed by atoms with Gasteiger partial charge < -0.3 is 10.1 Å². The van der Waals surface area contributed by atoms with Crippen LogP contribution in [-0.4, -0.2) is 12.0 Å². The van der Waals surface area contributed by atoms with Gasteiger partial charge in [0.1, 0.15) is 18.2 Å². The van der Waals surface area contributed by atoms with Crippen molar-refractivity contribution in [1.82, 2.24) is 10.3 Å². The Labute approximate surface area is 122 Å². The molecule has 0 saturated carbocycles. The van der Waals surface area contributed by atoms with Crippen LogP contribution < -0.4 is 10.1 Å². The van der Waals surface area contributed by atoms with Crippen LogP contribution in [0.4, 0.5) is 4.39 Å². The number of hydrogen-bond acceptors (Lipinski definition) is 4. The molecule has 108 valence electrons. The molecule has 0 spiro atoms. The van der Waals surface area contributed by atoms with E-state index in [0.717, 1.165) is 22.7 Å². The number of ether oxygens (including phenoxy) is 1. The van der Waals surface area contributed by atoms with Gasteiger partial charge in [0.2, 0.25) is 0 Å². The molecule has 0 bridgehead atoms. The van der Waals surface area contributed by atoms with Gasteiger partial charge in [0.25, 0.3) is 0 Å². The van der Waals surface area contributed by atoms with Gasteiger partial charge in [-0.1, -0.05) is 6.92 Å². The highest BCUT2D eigenvalue weighted by Gasteiger charge is 2.12. The minimum atomic E-state index is -0.253. The highest BCUT2D eigenvalue weighted by atomic mass is 32.1. The standard InChI is InChI=1S/C15H19FN2OS/c1-4-15-18-12(9-20-15)8-19-14-6-5-11(16)7-13(14)10(2)17-3/h5-7,9-10,17H,4,8H2,1-3H3. The first-order valence-corrected chi connectivity index (χ1v) is 7.54. The smallest absolute Gasteiger partial charge is 0.131 e. The topological polar surface area (TPSA) is 34.1 Å². The van der Waals surface area contributed by atoms with Crippen molar-refractivity contribution in [3.63, 3.8) is 0 Å². The summed E-state index contributed by atoms with van der Waals surface area (Å²) in [6, 6.07) is 4.63. The molecule has 20 heavy (non-hydrogen) atoms. The van der Waals surface area contributed by atoms with Crippen molar-refractivity contribution >= 4 is 11.3 Å². The molecule has 1 unspecified atom stereocenters. The number of nitrogens with one attached hydrogen (secondary N) is 1. The first-order valence-electron chi connectivity index (χ1n) is 6.66. The molecule has 0 saturated heterocycles. The van der Waals surface area contributed by atoms with E-state index in [0.29, 0.717) is 12.4 Å². The maximum Gasteiger partial charge on any atom is 0.131 e. The molecule has 1 aromatic heterocycles. The Morgan fingerprint density at radius 2 is 2.25 bits per heavy atom. The minimum absolute atomic E-state index is 0.0299. The van der Waals surface area contributed by atoms with E-state index in [1.54, 1.807) is 17.4 Å². The lowest BCUT2D eigenvalue weighted by Crippen LogP contribution is -2.14. The van der Waals surface area contributed by atoms with Crippen molar-refractivity contribution in [2.75, 3.05) is 7.05 Å². The quantitative estimate of drug-likeness (QED) is 0.882. The fraction of sp³-hybridized carbons (Fsp3) is 0.400. The molecule has 1 aromatic carbocycles. The highest BCUT2D eigenvalue weighted by molar-refractivity contribution is 7.09. The number of hydrogen-bond donors (Lipinski definition) is 1. The number of halogens is 1. The second-order valence-electron chi connectivity index (χ2n) is 4.57. The molecule has 0 aliphatic heterocycles. The van der Waals surface area contributed by atoms with Gasteiger partial charge in [-0.25, -0.2) is 9.37 Å². The number of nitrogens with zero attached hydrogens (tertiary/aromatic N) is 1. The molecule has 1 heterocycles. The van der Waals surface area contributed by atoms with Gasteiger partial charge in [0, 0.05) is 17.0 Å². The van der Waals surface area contributed by atoms with Crippen LogP contribution in [0.3, 0.4) is 0 Å². The van der Waals surface area contributed by atoms with E-state index >= 15 is 0 Å². The zero-order valence-electron chi connectivity index (χ0n) is 11.9. The molecule has 0 aliphatic rings. The van der Waals surface area contributed by atoms with Crippen molar-refractivity contribution in [2.45, 2.75) is 32.9 Å². The van der Waals surface area contributed by atoms with Crippen LogP contribution in [0.25, 0.3) is 0 Å². The minimum Gasteiger partial charge on any atom is -0.487 e. The van der Waals surface area contributed by atoms with Crippen molar-refractivity contribution in [3.8, 4) is 5.75 Å². The van der Waals surface area contributed by atoms with Gasteiger partial charge in [-0.05, 0) is 38.6 Å². The Morgan fingerprint density at radius 1 is 1.45 bits per heavy atom. The Bertz CT molecular complexity index is 571. The summed E-state index contributed by atoms with van der Waals surface area (Å²) in [5, 5.41) is 6.21. The Balaban J connectivity index is 2.12. The Morgan fingerprint density at radius 3 is 2.90 bits per heavy atom. The summed E-state index contributed by atoms with van der Waals surface area (Å²) in [6.45, 7) is 4.46. The van der Waals surface area contributed by atoms with Crippen LogP contribution in [0.15, 0.2) is 23.6 Å². The molecule has 1 N–H and O–H groups in total. The van der Waals surface area contributed by atoms with E-state index < -0.39 is 0 Å². The third-order valence-corrected chi connectivity index (χ3v) is 4.19. The average molecular weight is 294 g/mol. The van der Waals surface area contributed by atoms with Gasteiger partial charge in [0.15, 0.2) is 0 Å². The fourth-order valence-electron chi connectivity index (χ4n) is 1.87. The number of benzene rings is 1. The third kappa shape index (κ3) is 3.55. The van der Waals surface area contributed by atoms with Crippen molar-refractivity contribution < 1.29 is 9.13 Å². The molecule has 0 fully saturated rings. The second kappa shape index (κ2) is 6.81. The van der Waals surface area contributed by atoms with Crippen LogP contribution >= 0.6 is 11.3 Å². The zero-order valence-corrected chi connectivity index (χ0v) is 12.8. The van der Waals surface area contributed by atoms with E-state index in [1.807, 2.05) is 19.4 Å². The van der Waals surface area contributed by atoms with Gasteiger partial charge in [-0.2, -0.15) is 0 Å². The van der Waals surface area contributed by atoms with Crippen LogP contribution in [0.2, 0.25) is 0 Å². The van der Waals surface area contributed by atoms with Crippen LogP contribution in [-0.2, 0) is 13.0 Å². The summed E-state index contributed by atoms with van der Waals surface area (Å²) >= 11 is 1.64. The summed E-state index contributed by atoms with van der Waals surface area (Å²) in [5.74, 6) is 0.440. The summed E-state index contributed by atoms with van der Waals surface area (Å²) in [5.41, 5.74) is 1.73. The van der Waals surface area contributed by atoms with E-state index in [9.17, 15) is 4.39 Å². The van der Waals surface area contributed by atoms with Crippen LogP contribution in [0, 0.1) is 5.82 Å². The molecule has 0 aliphatic carbocycles. The largest absolute Gasteiger partial charge is 0.487 e. The third-order valence-electron chi connectivity index (χ3n) is 3.15. The maximum absolute atomic E-state index is 13.4. The molecular formula is C15H19FN2OS. The van der Waals surface area contributed by atoms with Gasteiger partial charge in [0.05, 0.1) is 10.7 Å². The van der Waals surface area contributed by atoms with Crippen molar-refractivity contribution in [3.05, 3.63) is 45.7 Å². The highest BCUT2D eigenvalue weighted by Crippen LogP contribution is 2.26. The fourth-order valence-corrected chi connectivity index (χ4v) is 2.60. The van der Waals surface area contributed by atoms with E-state index in [1.165, 1.54) is 12.1 Å². The zero-order chi connectivity index (χ0) is 14.5. The van der Waals surface area contributed by atoms with Crippen LogP contribution in [0.1, 0.15) is 36.2 Å². The molecule has 2 rings (SSSR count). The summed E-state index contributed by atoms with van der Waals surface area (Å²) in [6.07, 6.45) is 0.934. The average Bonchev–Trinajstić information content (AvgIpc) is 2.93. The SMILES string of the molecule is CCc1nc(COc2ccc(F)cc2C(C)NC)cs1. The number of aromatic nitrogens is 1. The van der Waals surface area contributed by atoms with Gasteiger partial charge >= 0.3 is 0 Å². The molecular weight excluding hydrogens is 275 g/mol. The predicted molar refractivity (Wildman–Crippen MR) is 79.7 cm³/mol. The number of thiazole rings is 1. The van der Waals surface area contributed by atoms with Gasteiger partial charge in [-0.3, -0.25) is 0 Å². The number of rotatable bonds is 6. The molecule has 0 amide bonds. The first kappa shape index (κ1) is 14.9. The lowest BCUT2D eigenvalue weighted by molar-refractivity contribution is 0.295. The number of aryl methyl sites for hydroxylation is 1. The molecule has 0 radical (unpaired) electrons. The van der Waals surface area contributed by atoms with Crippen molar-refractivity contribution in [2.24, 2.45) is 0 Å².